The monoisotopic (exact) mass is 252 g/mol. The lowest BCUT2D eigenvalue weighted by atomic mass is 10.1. The average Bonchev–Trinajstić information content (AvgIpc) is 2.37. The summed E-state index contributed by atoms with van der Waals surface area (Å²) in [5.41, 5.74) is 1.85. The molecule has 17 heavy (non-hydrogen) atoms. The number of nitrogens with zero attached hydrogens (tertiary/aromatic N) is 1. The number of carbonyl (C=O) groups excluding carboxylic acids is 1. The maximum absolute atomic E-state index is 11.3. The van der Waals surface area contributed by atoms with Crippen LogP contribution in [0.5, 0.6) is 0 Å². The smallest absolute Gasteiger partial charge is 0.239 e. The molecule has 1 amide bonds. The minimum atomic E-state index is -0.307. The number of nitrogens with one attached hydrogen (secondary N) is 1. The van der Waals surface area contributed by atoms with E-state index in [1.54, 1.807) is 25.3 Å². The van der Waals surface area contributed by atoms with Crippen molar-refractivity contribution in [3.8, 4) is 0 Å². The van der Waals surface area contributed by atoms with Gasteiger partial charge >= 0.3 is 0 Å². The number of alkyl halides is 1. The molecule has 0 aliphatic carbocycles. The molecule has 0 spiro atoms. The Labute approximate surface area is 105 Å². The SMILES string of the molecule is [C-]#[N+]c1ccc(C(C)OC)c(NC(=O)CCl)c1. The molecule has 90 valence electrons. The molecule has 0 aliphatic heterocycles. The third-order valence-corrected chi connectivity index (χ3v) is 2.60. The maximum atomic E-state index is 11.3. The van der Waals surface area contributed by atoms with Gasteiger partial charge in [0.1, 0.15) is 5.88 Å². The van der Waals surface area contributed by atoms with E-state index in [0.29, 0.717) is 11.4 Å². The van der Waals surface area contributed by atoms with Crippen molar-refractivity contribution in [3.05, 3.63) is 35.2 Å². The van der Waals surface area contributed by atoms with E-state index >= 15 is 0 Å². The van der Waals surface area contributed by atoms with Crippen molar-refractivity contribution in [3.63, 3.8) is 0 Å². The Bertz CT molecular complexity index is 454. The Morgan fingerprint density at radius 1 is 1.65 bits per heavy atom. The highest BCUT2D eigenvalue weighted by molar-refractivity contribution is 6.29. The normalized spacial score (nSPS) is 11.6. The summed E-state index contributed by atoms with van der Waals surface area (Å²) < 4.78 is 5.20. The Hall–Kier alpha value is -1.57. The van der Waals surface area contributed by atoms with Gasteiger partial charge in [0.15, 0.2) is 5.69 Å². The van der Waals surface area contributed by atoms with Crippen LogP contribution < -0.4 is 5.32 Å². The first-order chi connectivity index (χ1) is 8.12. The molecule has 0 aliphatic rings. The van der Waals surface area contributed by atoms with Crippen molar-refractivity contribution in [1.82, 2.24) is 0 Å². The summed E-state index contributed by atoms with van der Waals surface area (Å²) >= 11 is 5.44. The molecular weight excluding hydrogens is 240 g/mol. The summed E-state index contributed by atoms with van der Waals surface area (Å²) in [4.78, 5) is 14.6. The van der Waals surface area contributed by atoms with Crippen LogP contribution in [0, 0.1) is 6.57 Å². The van der Waals surface area contributed by atoms with Crippen LogP contribution in [-0.4, -0.2) is 18.9 Å². The molecule has 0 saturated heterocycles. The van der Waals surface area contributed by atoms with Gasteiger partial charge in [0.25, 0.3) is 0 Å². The molecule has 1 N–H and O–H groups in total. The molecular formula is C12H13ClN2O2. The number of hydrogen-bond acceptors (Lipinski definition) is 2. The Kier molecular flexibility index (Phi) is 4.95. The summed E-state index contributed by atoms with van der Waals surface area (Å²) in [7, 11) is 1.58. The van der Waals surface area contributed by atoms with Crippen LogP contribution in [0.1, 0.15) is 18.6 Å². The van der Waals surface area contributed by atoms with Gasteiger partial charge < -0.3 is 10.1 Å². The van der Waals surface area contributed by atoms with Gasteiger partial charge in [0.2, 0.25) is 5.91 Å². The van der Waals surface area contributed by atoms with E-state index in [2.05, 4.69) is 10.2 Å². The Morgan fingerprint density at radius 2 is 2.35 bits per heavy atom. The molecule has 1 aromatic rings. The van der Waals surface area contributed by atoms with Crippen molar-refractivity contribution in [2.75, 3.05) is 18.3 Å². The molecule has 0 heterocycles. The largest absolute Gasteiger partial charge is 0.377 e. The highest BCUT2D eigenvalue weighted by atomic mass is 35.5. The van der Waals surface area contributed by atoms with Gasteiger partial charge in [0.05, 0.1) is 12.7 Å². The molecule has 1 unspecified atom stereocenters. The lowest BCUT2D eigenvalue weighted by Crippen LogP contribution is -2.14. The fourth-order valence-corrected chi connectivity index (χ4v) is 1.45. The minimum Gasteiger partial charge on any atom is -0.377 e. The summed E-state index contributed by atoms with van der Waals surface area (Å²) in [6.07, 6.45) is -0.166. The van der Waals surface area contributed by atoms with Gasteiger partial charge in [-0.3, -0.25) is 4.79 Å². The molecule has 0 fully saturated rings. The molecule has 0 radical (unpaired) electrons. The average molecular weight is 253 g/mol. The van der Waals surface area contributed by atoms with Crippen LogP contribution in [0.2, 0.25) is 0 Å². The number of carbonyl (C=O) groups is 1. The lowest BCUT2D eigenvalue weighted by Gasteiger charge is -2.16. The standard InChI is InChI=1S/C12H13ClN2O2/c1-8(17-3)10-5-4-9(14-2)6-11(10)15-12(16)7-13/h4-6,8H,7H2,1,3H3,(H,15,16). The highest BCUT2D eigenvalue weighted by Crippen LogP contribution is 2.29. The van der Waals surface area contributed by atoms with Gasteiger partial charge in [-0.1, -0.05) is 12.1 Å². The molecule has 1 atom stereocenters. The number of ether oxygens (including phenoxy) is 1. The lowest BCUT2D eigenvalue weighted by molar-refractivity contribution is -0.113. The molecule has 1 rings (SSSR count). The molecule has 5 heteroatoms. The third kappa shape index (κ3) is 3.45. The first-order valence-corrected chi connectivity index (χ1v) is 5.55. The van der Waals surface area contributed by atoms with Crippen LogP contribution in [0.3, 0.4) is 0 Å². The zero-order valence-corrected chi connectivity index (χ0v) is 10.4. The van der Waals surface area contributed by atoms with Gasteiger partial charge in [0, 0.05) is 18.4 Å². The summed E-state index contributed by atoms with van der Waals surface area (Å²) in [6.45, 7) is 8.81. The summed E-state index contributed by atoms with van der Waals surface area (Å²) in [5.74, 6) is -0.429. The summed E-state index contributed by atoms with van der Waals surface area (Å²) in [6, 6.07) is 5.07. The number of methoxy groups -OCH3 is 1. The Balaban J connectivity index is 3.12. The van der Waals surface area contributed by atoms with E-state index in [4.69, 9.17) is 22.9 Å². The minimum absolute atomic E-state index is 0.122. The van der Waals surface area contributed by atoms with Crippen LogP contribution in [0.15, 0.2) is 18.2 Å². The van der Waals surface area contributed by atoms with Crippen LogP contribution >= 0.6 is 11.6 Å². The molecule has 0 bridgehead atoms. The molecule has 1 aromatic carbocycles. The molecule has 0 saturated carbocycles. The van der Waals surface area contributed by atoms with Crippen molar-refractivity contribution in [1.29, 1.82) is 0 Å². The third-order valence-electron chi connectivity index (χ3n) is 2.35. The number of amides is 1. The van der Waals surface area contributed by atoms with Crippen LogP contribution in [0.4, 0.5) is 11.4 Å². The first-order valence-electron chi connectivity index (χ1n) is 5.02. The van der Waals surface area contributed by atoms with Crippen molar-refractivity contribution in [2.24, 2.45) is 0 Å². The van der Waals surface area contributed by atoms with E-state index < -0.39 is 0 Å². The zero-order valence-electron chi connectivity index (χ0n) is 9.66. The quantitative estimate of drug-likeness (QED) is 0.661. The van der Waals surface area contributed by atoms with Gasteiger partial charge in [-0.15, -0.1) is 11.6 Å². The van der Waals surface area contributed by atoms with E-state index in [9.17, 15) is 4.79 Å². The number of benzene rings is 1. The number of halogens is 1. The van der Waals surface area contributed by atoms with Crippen LogP contribution in [0.25, 0.3) is 4.85 Å². The second-order valence-corrected chi connectivity index (χ2v) is 3.71. The van der Waals surface area contributed by atoms with Crippen molar-refractivity contribution < 1.29 is 9.53 Å². The maximum Gasteiger partial charge on any atom is 0.239 e. The fraction of sp³-hybridized carbons (Fsp3) is 0.333. The highest BCUT2D eigenvalue weighted by Gasteiger charge is 2.12. The van der Waals surface area contributed by atoms with E-state index in [1.807, 2.05) is 6.92 Å². The zero-order chi connectivity index (χ0) is 12.8. The second kappa shape index (κ2) is 6.24. The number of hydrogen-bond donors (Lipinski definition) is 1. The predicted molar refractivity (Wildman–Crippen MR) is 67.5 cm³/mol. The van der Waals surface area contributed by atoms with Gasteiger partial charge in [-0.05, 0) is 13.0 Å². The van der Waals surface area contributed by atoms with Gasteiger partial charge in [-0.25, -0.2) is 4.85 Å². The molecule has 0 aromatic heterocycles. The predicted octanol–water partition coefficient (Wildman–Crippen LogP) is 3.12. The van der Waals surface area contributed by atoms with E-state index in [0.717, 1.165) is 5.56 Å². The summed E-state index contributed by atoms with van der Waals surface area (Å²) in [5, 5.41) is 2.66. The number of anilines is 1. The topological polar surface area (TPSA) is 42.7 Å². The van der Waals surface area contributed by atoms with Crippen molar-refractivity contribution >= 4 is 28.9 Å². The first kappa shape index (κ1) is 13.5. The van der Waals surface area contributed by atoms with Gasteiger partial charge in [-0.2, -0.15) is 0 Å². The Morgan fingerprint density at radius 3 is 2.88 bits per heavy atom. The second-order valence-electron chi connectivity index (χ2n) is 3.44. The molecule has 4 nitrogen and oxygen atoms in total. The number of rotatable bonds is 4. The van der Waals surface area contributed by atoms with Crippen LogP contribution in [-0.2, 0) is 9.53 Å². The van der Waals surface area contributed by atoms with Crippen molar-refractivity contribution in [2.45, 2.75) is 13.0 Å². The fourth-order valence-electron chi connectivity index (χ4n) is 1.39. The van der Waals surface area contributed by atoms with E-state index in [1.165, 1.54) is 0 Å². The van der Waals surface area contributed by atoms with E-state index in [-0.39, 0.29) is 17.9 Å².